The minimum Gasteiger partial charge on any atom is -0.396 e. The zero-order valence-electron chi connectivity index (χ0n) is 15.7. The van der Waals surface area contributed by atoms with E-state index < -0.39 is 0 Å². The van der Waals surface area contributed by atoms with Crippen molar-refractivity contribution in [1.29, 1.82) is 0 Å². The van der Waals surface area contributed by atoms with Crippen molar-refractivity contribution in [2.24, 2.45) is 10.4 Å². The third kappa shape index (κ3) is 4.16. The maximum atomic E-state index is 9.34. The molecule has 1 aromatic carbocycles. The van der Waals surface area contributed by atoms with Crippen LogP contribution in [0.5, 0.6) is 0 Å². The molecule has 1 fully saturated rings. The van der Waals surface area contributed by atoms with Gasteiger partial charge in [0.25, 0.3) is 0 Å². The smallest absolute Gasteiger partial charge is 0.191 e. The van der Waals surface area contributed by atoms with E-state index in [1.54, 1.807) is 7.05 Å². The predicted octanol–water partition coefficient (Wildman–Crippen LogP) is 1.30. The molecule has 1 aliphatic rings. The van der Waals surface area contributed by atoms with Crippen LogP contribution in [0.1, 0.15) is 18.7 Å². The van der Waals surface area contributed by atoms with Crippen LogP contribution in [-0.4, -0.2) is 60.6 Å². The first-order valence-corrected chi connectivity index (χ1v) is 9.22. The molecule has 3 N–H and O–H groups in total. The third-order valence-corrected chi connectivity index (χ3v) is 5.15. The van der Waals surface area contributed by atoms with Crippen molar-refractivity contribution >= 4 is 17.0 Å². The zero-order valence-corrected chi connectivity index (χ0v) is 15.7. The van der Waals surface area contributed by atoms with E-state index in [0.717, 1.165) is 61.9 Å². The van der Waals surface area contributed by atoms with Crippen LogP contribution in [0.15, 0.2) is 29.3 Å². The summed E-state index contributed by atoms with van der Waals surface area (Å²) in [5.41, 5.74) is 2.18. The molecule has 7 heteroatoms. The average Bonchev–Trinajstić information content (AvgIpc) is 3.23. The standard InChI is InChI=1S/C19H29N5O2/c1-15-23-16-5-3-4-6-17(16)24(15)10-9-21-18(20-2)22-13-19(7-11-25)8-12-26-14-19/h3-6,25H,7-14H2,1-2H3,(H2,20,21,22). The first-order chi connectivity index (χ1) is 12.7. The third-order valence-electron chi connectivity index (χ3n) is 5.15. The summed E-state index contributed by atoms with van der Waals surface area (Å²) in [5.74, 6) is 1.79. The van der Waals surface area contributed by atoms with Crippen molar-refractivity contribution in [3.63, 3.8) is 0 Å². The van der Waals surface area contributed by atoms with E-state index in [1.165, 1.54) is 0 Å². The fourth-order valence-corrected chi connectivity index (χ4v) is 3.57. The second kappa shape index (κ2) is 8.51. The Morgan fingerprint density at radius 2 is 2.23 bits per heavy atom. The lowest BCUT2D eigenvalue weighted by molar-refractivity contribution is 0.127. The highest BCUT2D eigenvalue weighted by atomic mass is 16.5. The average molecular weight is 359 g/mol. The molecule has 2 heterocycles. The molecular formula is C19H29N5O2. The highest BCUT2D eigenvalue weighted by Crippen LogP contribution is 2.31. The molecule has 26 heavy (non-hydrogen) atoms. The summed E-state index contributed by atoms with van der Waals surface area (Å²) in [6, 6.07) is 8.19. The lowest BCUT2D eigenvalue weighted by atomic mass is 9.84. The summed E-state index contributed by atoms with van der Waals surface area (Å²) in [6.07, 6.45) is 1.72. The highest BCUT2D eigenvalue weighted by molar-refractivity contribution is 5.79. The van der Waals surface area contributed by atoms with Crippen molar-refractivity contribution in [3.05, 3.63) is 30.1 Å². The molecule has 7 nitrogen and oxygen atoms in total. The first kappa shape index (κ1) is 18.7. The van der Waals surface area contributed by atoms with Crippen LogP contribution >= 0.6 is 0 Å². The van der Waals surface area contributed by atoms with Gasteiger partial charge in [0.2, 0.25) is 0 Å². The van der Waals surface area contributed by atoms with Crippen LogP contribution in [-0.2, 0) is 11.3 Å². The monoisotopic (exact) mass is 359 g/mol. The summed E-state index contributed by atoms with van der Waals surface area (Å²) < 4.78 is 7.76. The van der Waals surface area contributed by atoms with Crippen molar-refractivity contribution in [1.82, 2.24) is 20.2 Å². The lowest BCUT2D eigenvalue weighted by Crippen LogP contribution is -2.45. The summed E-state index contributed by atoms with van der Waals surface area (Å²) in [7, 11) is 1.77. The van der Waals surface area contributed by atoms with Gasteiger partial charge in [0.1, 0.15) is 5.82 Å². The quantitative estimate of drug-likeness (QED) is 0.513. The Labute approximate surface area is 154 Å². The van der Waals surface area contributed by atoms with E-state index in [0.29, 0.717) is 6.61 Å². The number of benzene rings is 1. The van der Waals surface area contributed by atoms with E-state index in [2.05, 4.69) is 31.2 Å². The number of fused-ring (bicyclic) bond motifs is 1. The van der Waals surface area contributed by atoms with E-state index in [1.807, 2.05) is 25.1 Å². The second-order valence-corrected chi connectivity index (χ2v) is 6.93. The number of aryl methyl sites for hydroxylation is 1. The number of aliphatic imine (C=N–C) groups is 1. The van der Waals surface area contributed by atoms with E-state index in [9.17, 15) is 5.11 Å². The molecule has 3 rings (SSSR count). The molecule has 1 unspecified atom stereocenters. The van der Waals surface area contributed by atoms with E-state index in [4.69, 9.17) is 4.74 Å². The molecule has 1 atom stereocenters. The minimum atomic E-state index is 0.00348. The number of nitrogens with zero attached hydrogens (tertiary/aromatic N) is 3. The van der Waals surface area contributed by atoms with Gasteiger partial charge >= 0.3 is 0 Å². The summed E-state index contributed by atoms with van der Waals surface area (Å²) >= 11 is 0. The number of hydrogen-bond acceptors (Lipinski definition) is 4. The Morgan fingerprint density at radius 3 is 2.96 bits per heavy atom. The summed E-state index contributed by atoms with van der Waals surface area (Å²) in [5, 5.41) is 16.1. The summed E-state index contributed by atoms with van der Waals surface area (Å²) in [6.45, 7) is 6.00. The molecule has 1 aromatic heterocycles. The maximum absolute atomic E-state index is 9.34. The van der Waals surface area contributed by atoms with Crippen LogP contribution in [0, 0.1) is 12.3 Å². The molecule has 1 saturated heterocycles. The number of nitrogens with one attached hydrogen (secondary N) is 2. The fourth-order valence-electron chi connectivity index (χ4n) is 3.57. The van der Waals surface area contributed by atoms with Crippen molar-refractivity contribution in [2.45, 2.75) is 26.3 Å². The van der Waals surface area contributed by atoms with Gasteiger partial charge in [0.05, 0.1) is 17.6 Å². The molecule has 0 radical (unpaired) electrons. The van der Waals surface area contributed by atoms with Crippen LogP contribution in [0.4, 0.5) is 0 Å². The van der Waals surface area contributed by atoms with Crippen molar-refractivity contribution in [3.8, 4) is 0 Å². The minimum absolute atomic E-state index is 0.00348. The number of ether oxygens (including phenoxy) is 1. The zero-order chi connectivity index (χ0) is 18.4. The maximum Gasteiger partial charge on any atom is 0.191 e. The lowest BCUT2D eigenvalue weighted by Gasteiger charge is -2.27. The number of rotatable bonds is 7. The highest BCUT2D eigenvalue weighted by Gasteiger charge is 2.34. The van der Waals surface area contributed by atoms with Crippen LogP contribution < -0.4 is 10.6 Å². The van der Waals surface area contributed by atoms with Crippen molar-refractivity contribution in [2.75, 3.05) is 40.0 Å². The van der Waals surface area contributed by atoms with Crippen LogP contribution in [0.3, 0.4) is 0 Å². The van der Waals surface area contributed by atoms with Crippen LogP contribution in [0.2, 0.25) is 0 Å². The molecular weight excluding hydrogens is 330 g/mol. The largest absolute Gasteiger partial charge is 0.396 e. The molecule has 0 spiro atoms. The fraction of sp³-hybridized carbons (Fsp3) is 0.579. The SMILES string of the molecule is CN=C(NCCn1c(C)nc2ccccc21)NCC1(CCO)CCOC1. The molecule has 0 aliphatic carbocycles. The number of hydrogen-bond donors (Lipinski definition) is 3. The Morgan fingerprint density at radius 1 is 1.38 bits per heavy atom. The molecule has 1 aliphatic heterocycles. The molecule has 2 aromatic rings. The normalized spacial score (nSPS) is 20.7. The summed E-state index contributed by atoms with van der Waals surface area (Å²) in [4.78, 5) is 8.91. The van der Waals surface area contributed by atoms with Gasteiger partial charge in [0, 0.05) is 45.3 Å². The van der Waals surface area contributed by atoms with Gasteiger partial charge in [-0.1, -0.05) is 12.1 Å². The van der Waals surface area contributed by atoms with Crippen molar-refractivity contribution < 1.29 is 9.84 Å². The topological polar surface area (TPSA) is 83.7 Å². The van der Waals surface area contributed by atoms with Gasteiger partial charge in [-0.05, 0) is 31.9 Å². The van der Waals surface area contributed by atoms with Gasteiger partial charge in [-0.15, -0.1) is 0 Å². The first-order valence-electron chi connectivity index (χ1n) is 9.22. The number of aromatic nitrogens is 2. The van der Waals surface area contributed by atoms with Gasteiger partial charge < -0.3 is 25.0 Å². The molecule has 0 amide bonds. The Bertz CT molecular complexity index is 749. The predicted molar refractivity (Wildman–Crippen MR) is 103 cm³/mol. The Kier molecular flexibility index (Phi) is 6.11. The number of aliphatic hydroxyl groups excluding tert-OH is 1. The second-order valence-electron chi connectivity index (χ2n) is 6.93. The number of imidazole rings is 1. The van der Waals surface area contributed by atoms with Crippen LogP contribution in [0.25, 0.3) is 11.0 Å². The van der Waals surface area contributed by atoms with Gasteiger partial charge in [-0.25, -0.2) is 4.98 Å². The Hall–Kier alpha value is -2.12. The molecule has 0 bridgehead atoms. The molecule has 0 saturated carbocycles. The van der Waals surface area contributed by atoms with E-state index in [-0.39, 0.29) is 12.0 Å². The van der Waals surface area contributed by atoms with Gasteiger partial charge in [-0.3, -0.25) is 4.99 Å². The van der Waals surface area contributed by atoms with Gasteiger partial charge in [0.15, 0.2) is 5.96 Å². The van der Waals surface area contributed by atoms with Gasteiger partial charge in [-0.2, -0.15) is 0 Å². The number of para-hydroxylation sites is 2. The number of aliphatic hydroxyl groups is 1. The molecule has 142 valence electrons. The number of guanidine groups is 1. The van der Waals surface area contributed by atoms with E-state index >= 15 is 0 Å². The Balaban J connectivity index is 1.53.